The maximum Gasteiger partial charge on any atom is 0.213 e. The zero-order valence-electron chi connectivity index (χ0n) is 17.7. The largest absolute Gasteiger partial charge is 0.496 e. The van der Waals surface area contributed by atoms with Gasteiger partial charge in [0.15, 0.2) is 5.96 Å². The van der Waals surface area contributed by atoms with Crippen LogP contribution < -0.4 is 15.4 Å². The zero-order valence-corrected chi connectivity index (χ0v) is 18.5. The molecule has 2 aromatic rings. The van der Waals surface area contributed by atoms with Gasteiger partial charge in [0.1, 0.15) is 11.5 Å². The monoisotopic (exact) mass is 404 g/mol. The van der Waals surface area contributed by atoms with Crippen LogP contribution in [-0.4, -0.2) is 37.4 Å². The van der Waals surface area contributed by atoms with Crippen LogP contribution in [0.1, 0.15) is 39.3 Å². The van der Waals surface area contributed by atoms with E-state index in [0.29, 0.717) is 18.4 Å². The van der Waals surface area contributed by atoms with Crippen LogP contribution >= 0.6 is 11.8 Å². The number of methoxy groups -OCH3 is 1. The summed E-state index contributed by atoms with van der Waals surface area (Å²) >= 11 is 1.80. The molecule has 0 aliphatic carbocycles. The lowest BCUT2D eigenvalue weighted by Crippen LogP contribution is -2.39. The van der Waals surface area contributed by atoms with Crippen molar-refractivity contribution in [1.29, 1.82) is 0 Å². The Morgan fingerprint density at radius 2 is 2.04 bits per heavy atom. The molecule has 28 heavy (non-hydrogen) atoms. The van der Waals surface area contributed by atoms with Crippen molar-refractivity contribution in [1.82, 2.24) is 15.6 Å². The highest BCUT2D eigenvalue weighted by Gasteiger charge is 2.19. The van der Waals surface area contributed by atoms with Gasteiger partial charge >= 0.3 is 0 Å². The average molecular weight is 405 g/mol. The molecule has 0 aliphatic rings. The molecule has 0 aliphatic heterocycles. The molecule has 1 unspecified atom stereocenters. The summed E-state index contributed by atoms with van der Waals surface area (Å²) in [6.45, 7) is 9.86. The van der Waals surface area contributed by atoms with Crippen molar-refractivity contribution in [3.63, 3.8) is 0 Å². The van der Waals surface area contributed by atoms with Crippen LogP contribution in [0.5, 0.6) is 5.75 Å². The summed E-state index contributed by atoms with van der Waals surface area (Å²) in [6, 6.07) is 8.10. The van der Waals surface area contributed by atoms with Gasteiger partial charge in [-0.05, 0) is 18.1 Å². The predicted molar refractivity (Wildman–Crippen MR) is 116 cm³/mol. The molecule has 0 fully saturated rings. The SMILES string of the molecule is CN=C(NCc1ncc(C(C)(C)C)o1)NCC(C)CSc1ccccc1OC. The number of hydrogen-bond donors (Lipinski definition) is 2. The van der Waals surface area contributed by atoms with Crippen LogP contribution in [0.4, 0.5) is 0 Å². The number of nitrogens with zero attached hydrogens (tertiary/aromatic N) is 2. The van der Waals surface area contributed by atoms with E-state index in [4.69, 9.17) is 9.15 Å². The fourth-order valence-electron chi connectivity index (χ4n) is 2.42. The van der Waals surface area contributed by atoms with Gasteiger partial charge in [0.2, 0.25) is 5.89 Å². The number of rotatable bonds is 8. The standard InChI is InChI=1S/C21H32N4O2S/c1-15(14-28-17-10-8-7-9-16(17)26-6)11-24-20(22-5)25-13-19-23-12-18(27-19)21(2,3)4/h7-10,12,15H,11,13-14H2,1-6H3,(H2,22,24,25). The number of nitrogens with one attached hydrogen (secondary N) is 2. The van der Waals surface area contributed by atoms with Gasteiger partial charge in [0.05, 0.1) is 19.9 Å². The van der Waals surface area contributed by atoms with Gasteiger partial charge in [0.25, 0.3) is 0 Å². The summed E-state index contributed by atoms with van der Waals surface area (Å²) in [4.78, 5) is 9.78. The number of oxazole rings is 1. The van der Waals surface area contributed by atoms with E-state index in [-0.39, 0.29) is 5.41 Å². The first-order valence-corrected chi connectivity index (χ1v) is 10.5. The first-order chi connectivity index (χ1) is 13.3. The molecule has 0 saturated heterocycles. The van der Waals surface area contributed by atoms with E-state index in [1.165, 1.54) is 0 Å². The number of thioether (sulfide) groups is 1. The molecule has 7 heteroatoms. The van der Waals surface area contributed by atoms with E-state index in [9.17, 15) is 0 Å². The van der Waals surface area contributed by atoms with E-state index in [1.54, 1.807) is 32.1 Å². The summed E-state index contributed by atoms with van der Waals surface area (Å²) in [5.41, 5.74) is -0.0420. The van der Waals surface area contributed by atoms with E-state index >= 15 is 0 Å². The van der Waals surface area contributed by atoms with Gasteiger partial charge in [-0.2, -0.15) is 0 Å². The summed E-state index contributed by atoms with van der Waals surface area (Å²) in [6.07, 6.45) is 1.80. The lowest BCUT2D eigenvalue weighted by molar-refractivity contribution is 0.379. The Morgan fingerprint density at radius 3 is 2.68 bits per heavy atom. The molecule has 1 heterocycles. The van der Waals surface area contributed by atoms with Crippen LogP contribution in [0.25, 0.3) is 0 Å². The highest BCUT2D eigenvalue weighted by atomic mass is 32.2. The second-order valence-corrected chi connectivity index (χ2v) is 8.80. The third-order valence-corrected chi connectivity index (χ3v) is 5.52. The molecule has 1 aromatic carbocycles. The molecule has 0 saturated carbocycles. The van der Waals surface area contributed by atoms with Crippen LogP contribution in [0.3, 0.4) is 0 Å². The van der Waals surface area contributed by atoms with Gasteiger partial charge in [-0.15, -0.1) is 11.8 Å². The second kappa shape index (κ2) is 10.4. The Balaban J connectivity index is 1.76. The van der Waals surface area contributed by atoms with Crippen molar-refractivity contribution in [3.8, 4) is 5.75 Å². The number of ether oxygens (including phenoxy) is 1. The lowest BCUT2D eigenvalue weighted by Gasteiger charge is -2.16. The Hall–Kier alpha value is -2.15. The quantitative estimate of drug-likeness (QED) is 0.392. The van der Waals surface area contributed by atoms with Crippen LogP contribution in [0.2, 0.25) is 0 Å². The summed E-state index contributed by atoms with van der Waals surface area (Å²) in [7, 11) is 3.47. The highest BCUT2D eigenvalue weighted by molar-refractivity contribution is 7.99. The number of hydrogen-bond acceptors (Lipinski definition) is 5. The fourth-order valence-corrected chi connectivity index (χ4v) is 3.47. The van der Waals surface area contributed by atoms with Crippen molar-refractivity contribution >= 4 is 17.7 Å². The Labute approximate surface area is 172 Å². The molecule has 0 bridgehead atoms. The van der Waals surface area contributed by atoms with E-state index in [1.807, 2.05) is 18.2 Å². The molecule has 2 N–H and O–H groups in total. The van der Waals surface area contributed by atoms with Crippen molar-refractivity contribution in [2.75, 3.05) is 26.5 Å². The molecule has 2 rings (SSSR count). The predicted octanol–water partition coefficient (Wildman–Crippen LogP) is 4.07. The fraction of sp³-hybridized carbons (Fsp3) is 0.524. The number of aliphatic imine (C=N–C) groups is 1. The maximum atomic E-state index is 5.81. The van der Waals surface area contributed by atoms with Crippen molar-refractivity contribution in [3.05, 3.63) is 42.1 Å². The van der Waals surface area contributed by atoms with Crippen molar-refractivity contribution in [2.24, 2.45) is 10.9 Å². The van der Waals surface area contributed by atoms with E-state index < -0.39 is 0 Å². The number of guanidine groups is 1. The van der Waals surface area contributed by atoms with Gasteiger partial charge in [-0.1, -0.05) is 39.8 Å². The molecular weight excluding hydrogens is 372 g/mol. The Kier molecular flexibility index (Phi) is 8.23. The van der Waals surface area contributed by atoms with Crippen LogP contribution in [0, 0.1) is 5.92 Å². The molecule has 1 atom stereocenters. The first-order valence-electron chi connectivity index (χ1n) is 9.49. The summed E-state index contributed by atoms with van der Waals surface area (Å²) < 4.78 is 11.2. The smallest absolute Gasteiger partial charge is 0.213 e. The van der Waals surface area contributed by atoms with E-state index in [2.05, 4.69) is 54.4 Å². The number of para-hydroxylation sites is 1. The molecule has 6 nitrogen and oxygen atoms in total. The third-order valence-electron chi connectivity index (χ3n) is 4.13. The minimum absolute atomic E-state index is 0.0420. The van der Waals surface area contributed by atoms with Gasteiger partial charge in [0, 0.05) is 29.7 Å². The molecule has 1 aromatic heterocycles. The molecule has 0 amide bonds. The summed E-state index contributed by atoms with van der Waals surface area (Å²) in [5.74, 6) is 4.65. The molecular formula is C21H32N4O2S. The number of aromatic nitrogens is 1. The van der Waals surface area contributed by atoms with E-state index in [0.717, 1.165) is 34.7 Å². The summed E-state index contributed by atoms with van der Waals surface area (Å²) in [5, 5.41) is 6.62. The molecule has 154 valence electrons. The Morgan fingerprint density at radius 1 is 1.29 bits per heavy atom. The Bertz CT molecular complexity index is 768. The van der Waals surface area contributed by atoms with Gasteiger partial charge in [-0.3, -0.25) is 4.99 Å². The van der Waals surface area contributed by atoms with Gasteiger partial charge in [-0.25, -0.2) is 4.98 Å². The maximum absolute atomic E-state index is 5.81. The first kappa shape index (κ1) is 22.1. The van der Waals surface area contributed by atoms with Crippen LogP contribution in [0.15, 0.2) is 44.8 Å². The minimum Gasteiger partial charge on any atom is -0.496 e. The van der Waals surface area contributed by atoms with Gasteiger partial charge < -0.3 is 19.8 Å². The average Bonchev–Trinajstić information content (AvgIpc) is 3.16. The third kappa shape index (κ3) is 6.78. The van der Waals surface area contributed by atoms with Crippen LogP contribution in [-0.2, 0) is 12.0 Å². The normalized spacial score (nSPS) is 13.3. The lowest BCUT2D eigenvalue weighted by atomic mass is 9.94. The highest BCUT2D eigenvalue weighted by Crippen LogP contribution is 2.29. The van der Waals surface area contributed by atoms with Crippen molar-refractivity contribution < 1.29 is 9.15 Å². The van der Waals surface area contributed by atoms with Crippen molar-refractivity contribution in [2.45, 2.75) is 44.6 Å². The number of benzene rings is 1. The topological polar surface area (TPSA) is 71.7 Å². The molecule has 0 spiro atoms. The molecule has 0 radical (unpaired) electrons. The zero-order chi connectivity index (χ0) is 20.6. The second-order valence-electron chi connectivity index (χ2n) is 7.74. The minimum atomic E-state index is -0.0420.